The predicted molar refractivity (Wildman–Crippen MR) is 68.7 cm³/mol. The van der Waals surface area contributed by atoms with E-state index in [2.05, 4.69) is 4.74 Å². The van der Waals surface area contributed by atoms with E-state index in [4.69, 9.17) is 4.74 Å². The van der Waals surface area contributed by atoms with Crippen LogP contribution < -0.4 is 0 Å². The van der Waals surface area contributed by atoms with Gasteiger partial charge < -0.3 is 9.47 Å². The summed E-state index contributed by atoms with van der Waals surface area (Å²) >= 11 is 0. The average Bonchev–Trinajstić information content (AvgIpc) is 2.87. The van der Waals surface area contributed by atoms with Crippen molar-refractivity contribution in [2.45, 2.75) is 25.2 Å². The molecule has 1 aromatic rings. The smallest absolute Gasteiger partial charge is 0.410 e. The lowest BCUT2D eigenvalue weighted by atomic mass is 10.2. The Labute approximate surface area is 116 Å². The summed E-state index contributed by atoms with van der Waals surface area (Å²) in [5.41, 5.74) is 0.825. The maximum Gasteiger partial charge on any atom is 0.410 e. The SMILES string of the molecule is COC(=O)[C@@H]1CC(F)CN1C(=O)OCc1ccccc1. The predicted octanol–water partition coefficient (Wildman–Crippen LogP) is 1.91. The lowest BCUT2D eigenvalue weighted by Crippen LogP contribution is -2.41. The summed E-state index contributed by atoms with van der Waals surface area (Å²) in [4.78, 5) is 24.5. The van der Waals surface area contributed by atoms with E-state index in [1.54, 1.807) is 0 Å². The van der Waals surface area contributed by atoms with Crippen LogP contribution in [0.15, 0.2) is 30.3 Å². The van der Waals surface area contributed by atoms with Crippen molar-refractivity contribution in [3.63, 3.8) is 0 Å². The number of benzene rings is 1. The molecular formula is C14H16FNO4. The number of hydrogen-bond donors (Lipinski definition) is 0. The van der Waals surface area contributed by atoms with Crippen LogP contribution in [-0.2, 0) is 20.9 Å². The van der Waals surface area contributed by atoms with Crippen LogP contribution in [0.25, 0.3) is 0 Å². The molecule has 0 radical (unpaired) electrons. The Morgan fingerprint density at radius 1 is 1.35 bits per heavy atom. The molecule has 1 heterocycles. The van der Waals surface area contributed by atoms with Crippen molar-refractivity contribution in [3.8, 4) is 0 Å². The van der Waals surface area contributed by atoms with Crippen LogP contribution in [0.4, 0.5) is 9.18 Å². The summed E-state index contributed by atoms with van der Waals surface area (Å²) in [6.45, 7) is -0.0611. The number of esters is 1. The van der Waals surface area contributed by atoms with E-state index in [9.17, 15) is 14.0 Å². The number of hydrogen-bond acceptors (Lipinski definition) is 4. The number of nitrogens with zero attached hydrogens (tertiary/aromatic N) is 1. The molecule has 6 heteroatoms. The molecule has 1 unspecified atom stereocenters. The number of ether oxygens (including phenoxy) is 2. The molecule has 0 spiro atoms. The Balaban J connectivity index is 1.95. The zero-order valence-corrected chi connectivity index (χ0v) is 11.1. The van der Waals surface area contributed by atoms with E-state index in [0.717, 1.165) is 10.5 Å². The highest BCUT2D eigenvalue weighted by Crippen LogP contribution is 2.22. The number of alkyl halides is 1. The van der Waals surface area contributed by atoms with Crippen LogP contribution in [0.1, 0.15) is 12.0 Å². The molecule has 5 nitrogen and oxygen atoms in total. The summed E-state index contributed by atoms with van der Waals surface area (Å²) in [7, 11) is 1.21. The third kappa shape index (κ3) is 3.26. The summed E-state index contributed by atoms with van der Waals surface area (Å²) in [6.07, 6.45) is -1.99. The Morgan fingerprint density at radius 2 is 2.05 bits per heavy atom. The molecular weight excluding hydrogens is 265 g/mol. The number of rotatable bonds is 3. The van der Waals surface area contributed by atoms with Gasteiger partial charge in [0.1, 0.15) is 18.8 Å². The van der Waals surface area contributed by atoms with Gasteiger partial charge >= 0.3 is 12.1 Å². The fraction of sp³-hybridized carbons (Fsp3) is 0.429. The monoisotopic (exact) mass is 281 g/mol. The van der Waals surface area contributed by atoms with Crippen molar-refractivity contribution in [3.05, 3.63) is 35.9 Å². The van der Waals surface area contributed by atoms with Gasteiger partial charge in [0, 0.05) is 6.42 Å². The second-order valence-electron chi connectivity index (χ2n) is 4.56. The van der Waals surface area contributed by atoms with Gasteiger partial charge in [-0.3, -0.25) is 4.90 Å². The highest BCUT2D eigenvalue weighted by Gasteiger charge is 2.41. The molecule has 2 rings (SSSR count). The summed E-state index contributed by atoms with van der Waals surface area (Å²) in [5, 5.41) is 0. The van der Waals surface area contributed by atoms with E-state index >= 15 is 0 Å². The highest BCUT2D eigenvalue weighted by atomic mass is 19.1. The Morgan fingerprint density at radius 3 is 2.70 bits per heavy atom. The van der Waals surface area contributed by atoms with Crippen molar-refractivity contribution >= 4 is 12.1 Å². The Kier molecular flexibility index (Phi) is 4.55. The number of likely N-dealkylation sites (tertiary alicyclic amines) is 1. The fourth-order valence-electron chi connectivity index (χ4n) is 2.15. The van der Waals surface area contributed by atoms with Crippen molar-refractivity contribution in [1.29, 1.82) is 0 Å². The van der Waals surface area contributed by atoms with Gasteiger partial charge in [-0.15, -0.1) is 0 Å². The second-order valence-corrected chi connectivity index (χ2v) is 4.56. The summed E-state index contributed by atoms with van der Waals surface area (Å²) in [6, 6.07) is 8.23. The first-order valence-electron chi connectivity index (χ1n) is 6.31. The van der Waals surface area contributed by atoms with Crippen LogP contribution in [-0.4, -0.2) is 42.8 Å². The normalized spacial score (nSPS) is 21.6. The second kappa shape index (κ2) is 6.36. The molecule has 0 aromatic heterocycles. The molecule has 1 aliphatic rings. The largest absolute Gasteiger partial charge is 0.467 e. The number of amides is 1. The van der Waals surface area contributed by atoms with Crippen molar-refractivity contribution in [1.82, 2.24) is 4.90 Å². The quantitative estimate of drug-likeness (QED) is 0.794. The van der Waals surface area contributed by atoms with Crippen LogP contribution in [0, 0.1) is 0 Å². The molecule has 0 bridgehead atoms. The molecule has 0 N–H and O–H groups in total. The van der Waals surface area contributed by atoms with Gasteiger partial charge in [0.25, 0.3) is 0 Å². The first-order chi connectivity index (χ1) is 9.61. The van der Waals surface area contributed by atoms with Crippen LogP contribution in [0.3, 0.4) is 0 Å². The van der Waals surface area contributed by atoms with Gasteiger partial charge in [-0.1, -0.05) is 30.3 Å². The number of halogens is 1. The molecule has 0 aliphatic carbocycles. The molecule has 2 atom stereocenters. The topological polar surface area (TPSA) is 55.8 Å². The summed E-state index contributed by atoms with van der Waals surface area (Å²) in [5.74, 6) is -0.623. The first-order valence-corrected chi connectivity index (χ1v) is 6.31. The number of methoxy groups -OCH3 is 1. The Hall–Kier alpha value is -2.11. The zero-order valence-electron chi connectivity index (χ0n) is 11.1. The maximum absolute atomic E-state index is 13.4. The maximum atomic E-state index is 13.4. The fourth-order valence-corrected chi connectivity index (χ4v) is 2.15. The minimum Gasteiger partial charge on any atom is -0.467 e. The van der Waals surface area contributed by atoms with Crippen LogP contribution in [0.5, 0.6) is 0 Å². The average molecular weight is 281 g/mol. The molecule has 108 valence electrons. The van der Waals surface area contributed by atoms with E-state index < -0.39 is 24.3 Å². The molecule has 1 aliphatic heterocycles. The minimum absolute atomic E-state index is 0.0485. The van der Waals surface area contributed by atoms with Gasteiger partial charge in [-0.05, 0) is 5.56 Å². The standard InChI is InChI=1S/C14H16FNO4/c1-19-13(17)12-7-11(15)8-16(12)14(18)20-9-10-5-3-2-4-6-10/h2-6,11-12H,7-9H2,1H3/t11?,12-/m0/s1. The lowest BCUT2D eigenvalue weighted by Gasteiger charge is -2.21. The van der Waals surface area contributed by atoms with Gasteiger partial charge in [0.15, 0.2) is 0 Å². The molecule has 20 heavy (non-hydrogen) atoms. The van der Waals surface area contributed by atoms with Gasteiger partial charge in [-0.25, -0.2) is 14.0 Å². The van der Waals surface area contributed by atoms with Crippen LogP contribution in [0.2, 0.25) is 0 Å². The minimum atomic E-state index is -1.23. The van der Waals surface area contributed by atoms with Gasteiger partial charge in [0.2, 0.25) is 0 Å². The summed E-state index contributed by atoms with van der Waals surface area (Å²) < 4.78 is 23.1. The lowest BCUT2D eigenvalue weighted by molar-refractivity contribution is -0.145. The van der Waals surface area contributed by atoms with E-state index in [0.29, 0.717) is 0 Å². The number of carbonyl (C=O) groups excluding carboxylic acids is 2. The number of carbonyl (C=O) groups is 2. The molecule has 0 saturated carbocycles. The molecule has 1 saturated heterocycles. The zero-order chi connectivity index (χ0) is 14.5. The first kappa shape index (κ1) is 14.3. The Bertz CT molecular complexity index is 479. The van der Waals surface area contributed by atoms with E-state index in [-0.39, 0.29) is 19.6 Å². The van der Waals surface area contributed by atoms with Crippen LogP contribution >= 0.6 is 0 Å². The van der Waals surface area contributed by atoms with E-state index in [1.807, 2.05) is 30.3 Å². The molecule has 1 aromatic carbocycles. The van der Waals surface area contributed by atoms with Crippen molar-refractivity contribution in [2.24, 2.45) is 0 Å². The van der Waals surface area contributed by atoms with Crippen molar-refractivity contribution in [2.75, 3.05) is 13.7 Å². The van der Waals surface area contributed by atoms with E-state index in [1.165, 1.54) is 7.11 Å². The van der Waals surface area contributed by atoms with Gasteiger partial charge in [-0.2, -0.15) is 0 Å². The third-order valence-corrected chi connectivity index (χ3v) is 3.16. The van der Waals surface area contributed by atoms with Gasteiger partial charge in [0.05, 0.1) is 13.7 Å². The third-order valence-electron chi connectivity index (χ3n) is 3.16. The highest BCUT2D eigenvalue weighted by molar-refractivity contribution is 5.82. The molecule has 1 fully saturated rings. The molecule has 1 amide bonds. The van der Waals surface area contributed by atoms with Crippen molar-refractivity contribution < 1.29 is 23.5 Å².